The fraction of sp³-hybridized carbons (Fsp3) is 0.250. The lowest BCUT2D eigenvalue weighted by atomic mass is 10.2. The Bertz CT molecular complexity index is 876. The van der Waals surface area contributed by atoms with Crippen LogP contribution < -0.4 is 10.1 Å². The Labute approximate surface area is 162 Å². The fourth-order valence-electron chi connectivity index (χ4n) is 2.36. The number of hydrogen-bond donors (Lipinski definition) is 1. The van der Waals surface area contributed by atoms with Crippen LogP contribution in [-0.4, -0.2) is 22.7 Å². The van der Waals surface area contributed by atoms with Gasteiger partial charge >= 0.3 is 0 Å². The first-order valence-corrected chi connectivity index (χ1v) is 9.02. The third kappa shape index (κ3) is 5.82. The lowest BCUT2D eigenvalue weighted by Crippen LogP contribution is -2.23. The first kappa shape index (κ1) is 18.9. The van der Waals surface area contributed by atoms with E-state index in [1.807, 2.05) is 43.3 Å². The van der Waals surface area contributed by atoms with Crippen molar-refractivity contribution in [2.24, 2.45) is 0 Å². The minimum atomic E-state index is -0.0891. The molecule has 1 aromatic heterocycles. The van der Waals surface area contributed by atoms with Gasteiger partial charge in [0, 0.05) is 17.0 Å². The molecule has 2 aromatic carbocycles. The van der Waals surface area contributed by atoms with Crippen molar-refractivity contribution >= 4 is 17.5 Å². The fourth-order valence-corrected chi connectivity index (χ4v) is 2.49. The predicted octanol–water partition coefficient (Wildman–Crippen LogP) is 4.17. The molecular formula is C20H20ClN3O3. The highest BCUT2D eigenvalue weighted by molar-refractivity contribution is 6.30. The summed E-state index contributed by atoms with van der Waals surface area (Å²) < 4.78 is 10.8. The minimum absolute atomic E-state index is 0.0891. The Morgan fingerprint density at radius 1 is 1.15 bits per heavy atom. The molecule has 0 saturated heterocycles. The average Bonchev–Trinajstić information content (AvgIpc) is 3.14. The van der Waals surface area contributed by atoms with Crippen molar-refractivity contribution in [2.45, 2.75) is 26.3 Å². The van der Waals surface area contributed by atoms with Crippen molar-refractivity contribution in [3.8, 4) is 17.1 Å². The summed E-state index contributed by atoms with van der Waals surface area (Å²) in [6, 6.07) is 15.0. The molecule has 0 radical (unpaired) electrons. The van der Waals surface area contributed by atoms with E-state index in [0.717, 1.165) is 11.3 Å². The number of carbonyl (C=O) groups is 1. The molecule has 0 aliphatic rings. The topological polar surface area (TPSA) is 77.2 Å². The number of nitrogens with zero attached hydrogens (tertiary/aromatic N) is 2. The molecule has 6 nitrogen and oxygen atoms in total. The number of halogens is 1. The zero-order valence-electron chi connectivity index (χ0n) is 14.9. The van der Waals surface area contributed by atoms with E-state index in [1.165, 1.54) is 5.56 Å². The van der Waals surface area contributed by atoms with E-state index in [4.69, 9.17) is 20.9 Å². The number of amides is 1. The van der Waals surface area contributed by atoms with Gasteiger partial charge in [-0.25, -0.2) is 0 Å². The van der Waals surface area contributed by atoms with Crippen LogP contribution in [0.1, 0.15) is 24.3 Å². The van der Waals surface area contributed by atoms with E-state index in [0.29, 0.717) is 36.2 Å². The van der Waals surface area contributed by atoms with Crippen LogP contribution in [-0.2, 0) is 11.3 Å². The van der Waals surface area contributed by atoms with E-state index in [-0.39, 0.29) is 12.5 Å². The summed E-state index contributed by atoms with van der Waals surface area (Å²) in [7, 11) is 0. The van der Waals surface area contributed by atoms with Crippen molar-refractivity contribution < 1.29 is 14.1 Å². The molecule has 0 fully saturated rings. The van der Waals surface area contributed by atoms with E-state index < -0.39 is 0 Å². The molecule has 0 bridgehead atoms. The number of rotatable bonds is 8. The van der Waals surface area contributed by atoms with Crippen LogP contribution in [0.4, 0.5) is 0 Å². The summed E-state index contributed by atoms with van der Waals surface area (Å²) in [5, 5.41) is 7.32. The van der Waals surface area contributed by atoms with Gasteiger partial charge in [-0.15, -0.1) is 0 Å². The number of aromatic nitrogens is 2. The van der Waals surface area contributed by atoms with Crippen LogP contribution >= 0.6 is 11.6 Å². The number of benzene rings is 2. The maximum atomic E-state index is 11.9. The number of carbonyl (C=O) groups excluding carboxylic acids is 1. The van der Waals surface area contributed by atoms with Crippen molar-refractivity contribution in [2.75, 3.05) is 6.61 Å². The number of nitrogens with one attached hydrogen (secondary N) is 1. The van der Waals surface area contributed by atoms with Crippen LogP contribution in [0.3, 0.4) is 0 Å². The minimum Gasteiger partial charge on any atom is -0.494 e. The van der Waals surface area contributed by atoms with Crippen molar-refractivity contribution in [3.05, 3.63) is 65.0 Å². The van der Waals surface area contributed by atoms with Crippen molar-refractivity contribution in [1.29, 1.82) is 0 Å². The van der Waals surface area contributed by atoms with Gasteiger partial charge in [0.2, 0.25) is 17.6 Å². The third-order valence-electron chi connectivity index (χ3n) is 3.85. The van der Waals surface area contributed by atoms with Crippen molar-refractivity contribution in [1.82, 2.24) is 15.5 Å². The van der Waals surface area contributed by atoms with Gasteiger partial charge in [-0.3, -0.25) is 4.79 Å². The highest BCUT2D eigenvalue weighted by Crippen LogP contribution is 2.18. The maximum Gasteiger partial charge on any atom is 0.246 e. The van der Waals surface area contributed by atoms with Crippen LogP contribution in [0.5, 0.6) is 5.75 Å². The summed E-state index contributed by atoms with van der Waals surface area (Å²) >= 11 is 5.86. The van der Waals surface area contributed by atoms with Crippen LogP contribution in [0.15, 0.2) is 53.1 Å². The quantitative estimate of drug-likeness (QED) is 0.589. The largest absolute Gasteiger partial charge is 0.494 e. The predicted molar refractivity (Wildman–Crippen MR) is 102 cm³/mol. The van der Waals surface area contributed by atoms with Gasteiger partial charge in [0.25, 0.3) is 0 Å². The molecule has 1 amide bonds. The highest BCUT2D eigenvalue weighted by Gasteiger charge is 2.10. The van der Waals surface area contributed by atoms with E-state index in [9.17, 15) is 4.79 Å². The first-order valence-electron chi connectivity index (χ1n) is 8.65. The van der Waals surface area contributed by atoms with E-state index in [2.05, 4.69) is 15.5 Å². The van der Waals surface area contributed by atoms with E-state index >= 15 is 0 Å². The Morgan fingerprint density at radius 2 is 1.89 bits per heavy atom. The number of hydrogen-bond acceptors (Lipinski definition) is 5. The Balaban J connectivity index is 1.38. The van der Waals surface area contributed by atoms with Crippen LogP contribution in [0, 0.1) is 6.92 Å². The summed E-state index contributed by atoms with van der Waals surface area (Å²) in [4.78, 5) is 16.2. The molecule has 140 valence electrons. The lowest BCUT2D eigenvalue weighted by Gasteiger charge is -2.06. The molecule has 0 saturated carbocycles. The second kappa shape index (κ2) is 9.19. The molecule has 0 aliphatic carbocycles. The SMILES string of the molecule is Cc1ccc(OCCCC(=O)NCc2nc(-c3ccc(Cl)cc3)no2)cc1. The summed E-state index contributed by atoms with van der Waals surface area (Å²) in [5.41, 5.74) is 1.98. The summed E-state index contributed by atoms with van der Waals surface area (Å²) in [6.07, 6.45) is 0.990. The van der Waals surface area contributed by atoms with Gasteiger partial charge in [-0.2, -0.15) is 4.98 Å². The van der Waals surface area contributed by atoms with Gasteiger partial charge in [-0.05, 0) is 49.7 Å². The first-order chi connectivity index (χ1) is 13.1. The van der Waals surface area contributed by atoms with Gasteiger partial charge in [-0.1, -0.05) is 34.5 Å². The molecule has 1 heterocycles. The monoisotopic (exact) mass is 385 g/mol. The molecular weight excluding hydrogens is 366 g/mol. The second-order valence-corrected chi connectivity index (χ2v) is 6.50. The second-order valence-electron chi connectivity index (χ2n) is 6.06. The molecule has 3 rings (SSSR count). The molecule has 1 N–H and O–H groups in total. The van der Waals surface area contributed by atoms with Gasteiger partial charge in [0.1, 0.15) is 5.75 Å². The average molecular weight is 386 g/mol. The number of aryl methyl sites for hydroxylation is 1. The van der Waals surface area contributed by atoms with E-state index in [1.54, 1.807) is 12.1 Å². The Hall–Kier alpha value is -2.86. The smallest absolute Gasteiger partial charge is 0.246 e. The molecule has 0 unspecified atom stereocenters. The van der Waals surface area contributed by atoms with Crippen molar-refractivity contribution in [3.63, 3.8) is 0 Å². The third-order valence-corrected chi connectivity index (χ3v) is 4.10. The summed E-state index contributed by atoms with van der Waals surface area (Å²) in [5.74, 6) is 1.53. The zero-order valence-corrected chi connectivity index (χ0v) is 15.7. The maximum absolute atomic E-state index is 11.9. The van der Waals surface area contributed by atoms with Crippen LogP contribution in [0.25, 0.3) is 11.4 Å². The molecule has 0 atom stereocenters. The highest BCUT2D eigenvalue weighted by atomic mass is 35.5. The van der Waals surface area contributed by atoms with Gasteiger partial charge in [0.15, 0.2) is 0 Å². The molecule has 3 aromatic rings. The van der Waals surface area contributed by atoms with Crippen LogP contribution in [0.2, 0.25) is 5.02 Å². The standard InChI is InChI=1S/C20H20ClN3O3/c1-14-4-10-17(11-5-14)26-12-2-3-18(25)22-13-19-23-20(24-27-19)15-6-8-16(21)9-7-15/h4-11H,2-3,12-13H2,1H3,(H,22,25). The van der Waals surface area contributed by atoms with Gasteiger partial charge in [0.05, 0.1) is 13.2 Å². The Morgan fingerprint density at radius 3 is 2.63 bits per heavy atom. The zero-order chi connectivity index (χ0) is 19.1. The number of ether oxygens (including phenoxy) is 1. The molecule has 0 spiro atoms. The lowest BCUT2D eigenvalue weighted by molar-refractivity contribution is -0.121. The normalized spacial score (nSPS) is 10.6. The van der Waals surface area contributed by atoms with Gasteiger partial charge < -0.3 is 14.6 Å². The summed E-state index contributed by atoms with van der Waals surface area (Å²) in [6.45, 7) is 2.70. The molecule has 7 heteroatoms. The molecule has 0 aliphatic heterocycles. The molecule has 27 heavy (non-hydrogen) atoms. The Kier molecular flexibility index (Phi) is 6.44.